The number of hydrogen-bond donors (Lipinski definition) is 0. The summed E-state index contributed by atoms with van der Waals surface area (Å²) in [4.78, 5) is 17.2. The van der Waals surface area contributed by atoms with Crippen LogP contribution in [0.2, 0.25) is 0 Å². The van der Waals surface area contributed by atoms with Gasteiger partial charge in [0.2, 0.25) is 0 Å². The zero-order valence-corrected chi connectivity index (χ0v) is 11.0. The van der Waals surface area contributed by atoms with Crippen molar-refractivity contribution in [3.05, 3.63) is 22.8 Å². The maximum atomic E-state index is 10.9. The number of nitrogens with zero attached hydrogens (tertiary/aromatic N) is 2. The molecule has 0 unspecified atom stereocenters. The molecule has 0 bridgehead atoms. The van der Waals surface area contributed by atoms with Crippen molar-refractivity contribution in [2.24, 2.45) is 0 Å². The predicted octanol–water partition coefficient (Wildman–Crippen LogP) is 2.23. The molecule has 1 rings (SSSR count). The van der Waals surface area contributed by atoms with Gasteiger partial charge >= 0.3 is 5.97 Å². The normalized spacial score (nSPS) is 9.94. The number of anilines is 1. The third-order valence-electron chi connectivity index (χ3n) is 2.20. The van der Waals surface area contributed by atoms with Crippen LogP contribution in [0.4, 0.5) is 5.82 Å². The predicted molar refractivity (Wildman–Crippen MR) is 66.5 cm³/mol. The number of aromatic nitrogens is 1. The molecule has 0 atom stereocenters. The number of carbonyl (C=O) groups excluding carboxylic acids is 1. The fourth-order valence-corrected chi connectivity index (χ4v) is 1.51. The SMILES string of the molecule is COC(=O)CCCN(C)c1ccc(Br)cn1. The van der Waals surface area contributed by atoms with Crippen molar-refractivity contribution in [2.45, 2.75) is 12.8 Å². The van der Waals surface area contributed by atoms with Crippen molar-refractivity contribution < 1.29 is 9.53 Å². The van der Waals surface area contributed by atoms with Gasteiger partial charge in [0.15, 0.2) is 0 Å². The zero-order valence-electron chi connectivity index (χ0n) is 9.44. The number of carbonyl (C=O) groups is 1. The van der Waals surface area contributed by atoms with E-state index in [9.17, 15) is 4.79 Å². The number of pyridine rings is 1. The Bertz CT molecular complexity index is 340. The second kappa shape index (κ2) is 6.48. The first-order valence-electron chi connectivity index (χ1n) is 5.03. The van der Waals surface area contributed by atoms with Crippen molar-refractivity contribution in [3.8, 4) is 0 Å². The molecule has 1 aromatic heterocycles. The first kappa shape index (κ1) is 13.0. The van der Waals surface area contributed by atoms with Crippen LogP contribution in [0.3, 0.4) is 0 Å². The van der Waals surface area contributed by atoms with Crippen LogP contribution in [0.25, 0.3) is 0 Å². The molecule has 0 radical (unpaired) electrons. The molecule has 0 saturated heterocycles. The van der Waals surface area contributed by atoms with Crippen molar-refractivity contribution in [1.82, 2.24) is 4.98 Å². The van der Waals surface area contributed by atoms with Gasteiger partial charge in [0, 0.05) is 30.7 Å². The fourth-order valence-electron chi connectivity index (χ4n) is 1.27. The smallest absolute Gasteiger partial charge is 0.305 e. The highest BCUT2D eigenvalue weighted by Gasteiger charge is 2.04. The van der Waals surface area contributed by atoms with Crippen molar-refractivity contribution >= 4 is 27.7 Å². The lowest BCUT2D eigenvalue weighted by atomic mass is 10.3. The Balaban J connectivity index is 2.37. The second-order valence-corrected chi connectivity index (χ2v) is 4.35. The highest BCUT2D eigenvalue weighted by atomic mass is 79.9. The van der Waals surface area contributed by atoms with Gasteiger partial charge in [-0.3, -0.25) is 4.79 Å². The number of methoxy groups -OCH3 is 1. The minimum Gasteiger partial charge on any atom is -0.469 e. The van der Waals surface area contributed by atoms with Gasteiger partial charge in [0.25, 0.3) is 0 Å². The van der Waals surface area contributed by atoms with E-state index in [1.165, 1.54) is 7.11 Å². The Hall–Kier alpha value is -1.10. The van der Waals surface area contributed by atoms with E-state index < -0.39 is 0 Å². The van der Waals surface area contributed by atoms with Crippen LogP contribution in [0.5, 0.6) is 0 Å². The summed E-state index contributed by atoms with van der Waals surface area (Å²) < 4.78 is 5.53. The molecule has 0 fully saturated rings. The van der Waals surface area contributed by atoms with Crippen molar-refractivity contribution in [3.63, 3.8) is 0 Å². The van der Waals surface area contributed by atoms with E-state index >= 15 is 0 Å². The van der Waals surface area contributed by atoms with Crippen LogP contribution in [-0.2, 0) is 9.53 Å². The van der Waals surface area contributed by atoms with E-state index in [4.69, 9.17) is 0 Å². The van der Waals surface area contributed by atoms with E-state index in [0.29, 0.717) is 6.42 Å². The Kier molecular flexibility index (Phi) is 5.25. The van der Waals surface area contributed by atoms with Gasteiger partial charge in [0.1, 0.15) is 5.82 Å². The van der Waals surface area contributed by atoms with E-state index in [1.807, 2.05) is 24.1 Å². The minimum atomic E-state index is -0.169. The van der Waals surface area contributed by atoms with Crippen LogP contribution in [0, 0.1) is 0 Å². The maximum absolute atomic E-state index is 10.9. The van der Waals surface area contributed by atoms with Gasteiger partial charge in [-0.05, 0) is 34.5 Å². The van der Waals surface area contributed by atoms with E-state index in [0.717, 1.165) is 23.3 Å². The lowest BCUT2D eigenvalue weighted by molar-refractivity contribution is -0.140. The van der Waals surface area contributed by atoms with Crippen LogP contribution >= 0.6 is 15.9 Å². The molecule has 0 aromatic carbocycles. The standard InChI is InChI=1S/C11H15BrN2O2/c1-14(7-3-4-11(15)16-2)10-6-5-9(12)8-13-10/h5-6,8H,3-4,7H2,1-2H3. The molecule has 1 heterocycles. The third-order valence-corrected chi connectivity index (χ3v) is 2.67. The molecule has 0 aliphatic carbocycles. The van der Waals surface area contributed by atoms with E-state index in [1.54, 1.807) is 6.20 Å². The number of esters is 1. The molecule has 0 N–H and O–H groups in total. The summed E-state index contributed by atoms with van der Waals surface area (Å²) in [6, 6.07) is 3.88. The molecule has 1 aromatic rings. The van der Waals surface area contributed by atoms with Crippen molar-refractivity contribution in [2.75, 3.05) is 25.6 Å². The Morgan fingerprint density at radius 2 is 2.31 bits per heavy atom. The molecule has 0 spiro atoms. The summed E-state index contributed by atoms with van der Waals surface area (Å²) in [7, 11) is 3.36. The lowest BCUT2D eigenvalue weighted by Crippen LogP contribution is -2.20. The molecular formula is C11H15BrN2O2. The molecule has 0 amide bonds. The molecule has 16 heavy (non-hydrogen) atoms. The van der Waals surface area contributed by atoms with Gasteiger partial charge in [-0.15, -0.1) is 0 Å². The van der Waals surface area contributed by atoms with E-state index in [-0.39, 0.29) is 5.97 Å². The van der Waals surface area contributed by atoms with Crippen LogP contribution < -0.4 is 4.90 Å². The highest BCUT2D eigenvalue weighted by Crippen LogP contribution is 2.13. The quantitative estimate of drug-likeness (QED) is 0.779. The lowest BCUT2D eigenvalue weighted by Gasteiger charge is -2.17. The van der Waals surface area contributed by atoms with Gasteiger partial charge in [-0.1, -0.05) is 0 Å². The summed E-state index contributed by atoms with van der Waals surface area (Å²) in [6.07, 6.45) is 2.96. The molecule has 0 saturated carbocycles. The third kappa shape index (κ3) is 4.18. The molecule has 0 aliphatic heterocycles. The van der Waals surface area contributed by atoms with Crippen molar-refractivity contribution in [1.29, 1.82) is 0 Å². The van der Waals surface area contributed by atoms with Gasteiger partial charge < -0.3 is 9.64 Å². The fraction of sp³-hybridized carbons (Fsp3) is 0.455. The summed E-state index contributed by atoms with van der Waals surface area (Å²) in [5.74, 6) is 0.727. The first-order chi connectivity index (χ1) is 7.63. The molecule has 88 valence electrons. The summed E-state index contributed by atoms with van der Waals surface area (Å²) in [5.41, 5.74) is 0. The minimum absolute atomic E-state index is 0.169. The van der Waals surface area contributed by atoms with Gasteiger partial charge in [-0.2, -0.15) is 0 Å². The monoisotopic (exact) mass is 286 g/mol. The number of halogens is 1. The average molecular weight is 287 g/mol. The maximum Gasteiger partial charge on any atom is 0.305 e. The Morgan fingerprint density at radius 1 is 1.56 bits per heavy atom. The topological polar surface area (TPSA) is 42.4 Å². The van der Waals surface area contributed by atoms with Crippen LogP contribution in [0.1, 0.15) is 12.8 Å². The van der Waals surface area contributed by atoms with Gasteiger partial charge in [0.05, 0.1) is 7.11 Å². The molecule has 5 heteroatoms. The average Bonchev–Trinajstić information content (AvgIpc) is 2.29. The molecule has 0 aliphatic rings. The number of hydrogen-bond acceptors (Lipinski definition) is 4. The molecule has 4 nitrogen and oxygen atoms in total. The number of rotatable bonds is 5. The summed E-state index contributed by atoms with van der Waals surface area (Å²) >= 11 is 3.33. The van der Waals surface area contributed by atoms with E-state index in [2.05, 4.69) is 25.7 Å². The van der Waals surface area contributed by atoms with Crippen LogP contribution in [-0.4, -0.2) is 31.7 Å². The zero-order chi connectivity index (χ0) is 12.0. The largest absolute Gasteiger partial charge is 0.469 e. The van der Waals surface area contributed by atoms with Crippen LogP contribution in [0.15, 0.2) is 22.8 Å². The molecular weight excluding hydrogens is 272 g/mol. The number of ether oxygens (including phenoxy) is 1. The first-order valence-corrected chi connectivity index (χ1v) is 5.82. The van der Waals surface area contributed by atoms with Gasteiger partial charge in [-0.25, -0.2) is 4.98 Å². The summed E-state index contributed by atoms with van der Waals surface area (Å²) in [5, 5.41) is 0. The second-order valence-electron chi connectivity index (χ2n) is 3.44. The Labute approximate surface area is 104 Å². The highest BCUT2D eigenvalue weighted by molar-refractivity contribution is 9.10. The Morgan fingerprint density at radius 3 is 2.88 bits per heavy atom. The summed E-state index contributed by atoms with van der Waals surface area (Å²) in [6.45, 7) is 0.781.